The molecule has 0 radical (unpaired) electrons. The quantitative estimate of drug-likeness (QED) is 0.751. The Morgan fingerprint density at radius 1 is 0.950 bits per heavy atom. The van der Waals surface area contributed by atoms with Gasteiger partial charge < -0.3 is 9.47 Å². The Hall–Kier alpha value is -2.29. The van der Waals surface area contributed by atoms with Crippen LogP contribution >= 0.6 is 0 Å². The number of benzene rings is 2. The van der Waals surface area contributed by atoms with E-state index in [1.54, 1.807) is 6.07 Å². The first-order valence-electron chi connectivity index (χ1n) is 6.66. The van der Waals surface area contributed by atoms with E-state index in [-0.39, 0.29) is 12.4 Å². The first kappa shape index (κ1) is 14.1. The summed E-state index contributed by atoms with van der Waals surface area (Å²) in [7, 11) is 0. The maximum absolute atomic E-state index is 12.1. The summed E-state index contributed by atoms with van der Waals surface area (Å²) >= 11 is 0. The van der Waals surface area contributed by atoms with E-state index in [0.717, 1.165) is 5.56 Å². The molecule has 0 aliphatic heterocycles. The fourth-order valence-corrected chi connectivity index (χ4v) is 1.95. The normalized spacial score (nSPS) is 10.1. The van der Waals surface area contributed by atoms with E-state index in [4.69, 9.17) is 9.47 Å². The summed E-state index contributed by atoms with van der Waals surface area (Å²) in [6.07, 6.45) is 0. The van der Waals surface area contributed by atoms with Crippen LogP contribution in [-0.4, -0.2) is 19.0 Å². The average Bonchev–Trinajstić information content (AvgIpc) is 2.47. The predicted molar refractivity (Wildman–Crippen MR) is 78.6 cm³/mol. The molecule has 0 aliphatic rings. The molecule has 0 heterocycles. The van der Waals surface area contributed by atoms with Crippen LogP contribution in [0, 0.1) is 6.92 Å². The van der Waals surface area contributed by atoms with E-state index in [1.807, 2.05) is 56.3 Å². The second kappa shape index (κ2) is 6.75. The number of carbonyl (C=O) groups is 1. The highest BCUT2D eigenvalue weighted by molar-refractivity contribution is 5.98. The van der Waals surface area contributed by atoms with Crippen LogP contribution in [0.2, 0.25) is 0 Å². The topological polar surface area (TPSA) is 35.5 Å². The van der Waals surface area contributed by atoms with E-state index >= 15 is 0 Å². The van der Waals surface area contributed by atoms with Crippen LogP contribution < -0.4 is 9.47 Å². The molecule has 2 rings (SSSR count). The Morgan fingerprint density at radius 3 is 2.20 bits per heavy atom. The Balaban J connectivity index is 2.06. The Kier molecular flexibility index (Phi) is 4.77. The van der Waals surface area contributed by atoms with Gasteiger partial charge in [-0.3, -0.25) is 4.79 Å². The highest BCUT2D eigenvalue weighted by Gasteiger charge is 2.11. The van der Waals surface area contributed by atoms with Crippen molar-refractivity contribution in [1.82, 2.24) is 0 Å². The van der Waals surface area contributed by atoms with Gasteiger partial charge in [-0.05, 0) is 31.5 Å². The number of hydrogen-bond acceptors (Lipinski definition) is 3. The van der Waals surface area contributed by atoms with Crippen LogP contribution in [0.15, 0.2) is 48.5 Å². The molecule has 3 nitrogen and oxygen atoms in total. The third-order valence-electron chi connectivity index (χ3n) is 2.95. The van der Waals surface area contributed by atoms with Gasteiger partial charge in [-0.15, -0.1) is 0 Å². The van der Waals surface area contributed by atoms with E-state index < -0.39 is 0 Å². The molecule has 0 bridgehead atoms. The number of carbonyl (C=O) groups excluding carboxylic acids is 1. The molecule has 2 aromatic carbocycles. The van der Waals surface area contributed by atoms with Gasteiger partial charge in [-0.2, -0.15) is 0 Å². The van der Waals surface area contributed by atoms with Crippen molar-refractivity contribution in [2.45, 2.75) is 13.8 Å². The molecule has 0 aromatic heterocycles. The summed E-state index contributed by atoms with van der Waals surface area (Å²) in [6, 6.07) is 14.9. The molecule has 0 atom stereocenters. The minimum atomic E-state index is -0.0330. The van der Waals surface area contributed by atoms with Crippen molar-refractivity contribution in [3.05, 3.63) is 59.7 Å². The standard InChI is InChI=1S/C17H18O3/c1-3-19-16-10-6-7-11-17(16)20-12-15(18)14-9-5-4-8-13(14)2/h4-11H,3,12H2,1-2H3. The maximum atomic E-state index is 12.1. The van der Waals surface area contributed by atoms with Gasteiger partial charge in [0.05, 0.1) is 6.61 Å². The summed E-state index contributed by atoms with van der Waals surface area (Å²) in [5.41, 5.74) is 1.65. The lowest BCUT2D eigenvalue weighted by Crippen LogP contribution is -2.13. The van der Waals surface area contributed by atoms with Crippen molar-refractivity contribution in [3.63, 3.8) is 0 Å². The van der Waals surface area contributed by atoms with Crippen molar-refractivity contribution >= 4 is 5.78 Å². The Bertz CT molecular complexity index is 590. The molecule has 0 saturated heterocycles. The molecular weight excluding hydrogens is 252 g/mol. The molecular formula is C17H18O3. The Morgan fingerprint density at radius 2 is 1.55 bits per heavy atom. The second-order valence-corrected chi connectivity index (χ2v) is 4.41. The fraction of sp³-hybridized carbons (Fsp3) is 0.235. The second-order valence-electron chi connectivity index (χ2n) is 4.41. The molecule has 20 heavy (non-hydrogen) atoms. The van der Waals surface area contributed by atoms with Crippen LogP contribution in [0.4, 0.5) is 0 Å². The third-order valence-corrected chi connectivity index (χ3v) is 2.95. The minimum Gasteiger partial charge on any atom is -0.490 e. The zero-order valence-electron chi connectivity index (χ0n) is 11.8. The zero-order chi connectivity index (χ0) is 14.4. The number of ether oxygens (including phenoxy) is 2. The lowest BCUT2D eigenvalue weighted by molar-refractivity contribution is 0.0918. The molecule has 104 valence electrons. The van der Waals surface area contributed by atoms with E-state index in [1.165, 1.54) is 0 Å². The first-order valence-corrected chi connectivity index (χ1v) is 6.66. The van der Waals surface area contributed by atoms with Gasteiger partial charge in [-0.25, -0.2) is 0 Å². The van der Waals surface area contributed by atoms with Crippen molar-refractivity contribution in [3.8, 4) is 11.5 Å². The number of rotatable bonds is 6. The van der Waals surface area contributed by atoms with Crippen molar-refractivity contribution < 1.29 is 14.3 Å². The van der Waals surface area contributed by atoms with Gasteiger partial charge in [0.15, 0.2) is 23.9 Å². The smallest absolute Gasteiger partial charge is 0.200 e. The van der Waals surface area contributed by atoms with Crippen LogP contribution in [0.25, 0.3) is 0 Å². The number of Topliss-reactive ketones (excluding diaryl/α,β-unsaturated/α-hetero) is 1. The monoisotopic (exact) mass is 270 g/mol. The number of hydrogen-bond donors (Lipinski definition) is 0. The van der Waals surface area contributed by atoms with Gasteiger partial charge in [0.1, 0.15) is 0 Å². The van der Waals surface area contributed by atoms with Crippen molar-refractivity contribution in [1.29, 1.82) is 0 Å². The molecule has 2 aromatic rings. The molecule has 0 unspecified atom stereocenters. The fourth-order valence-electron chi connectivity index (χ4n) is 1.95. The van der Waals surface area contributed by atoms with Crippen molar-refractivity contribution in [2.24, 2.45) is 0 Å². The van der Waals surface area contributed by atoms with Gasteiger partial charge >= 0.3 is 0 Å². The van der Waals surface area contributed by atoms with Gasteiger partial charge in [0.2, 0.25) is 0 Å². The van der Waals surface area contributed by atoms with Gasteiger partial charge in [0.25, 0.3) is 0 Å². The molecule has 0 spiro atoms. The Labute approximate surface area is 119 Å². The summed E-state index contributed by atoms with van der Waals surface area (Å²) in [5, 5.41) is 0. The number of para-hydroxylation sites is 2. The molecule has 0 N–H and O–H groups in total. The van der Waals surface area contributed by atoms with Crippen LogP contribution in [0.1, 0.15) is 22.8 Å². The molecule has 3 heteroatoms. The first-order chi connectivity index (χ1) is 9.72. The van der Waals surface area contributed by atoms with Crippen molar-refractivity contribution in [2.75, 3.05) is 13.2 Å². The molecule has 0 fully saturated rings. The van der Waals surface area contributed by atoms with E-state index in [0.29, 0.717) is 23.7 Å². The maximum Gasteiger partial charge on any atom is 0.200 e. The molecule has 0 amide bonds. The van der Waals surface area contributed by atoms with Gasteiger partial charge in [-0.1, -0.05) is 36.4 Å². The summed E-state index contributed by atoms with van der Waals surface area (Å²) < 4.78 is 11.0. The number of ketones is 1. The summed E-state index contributed by atoms with van der Waals surface area (Å²) in [6.45, 7) is 4.40. The highest BCUT2D eigenvalue weighted by Crippen LogP contribution is 2.26. The number of aryl methyl sites for hydroxylation is 1. The van der Waals surface area contributed by atoms with E-state index in [9.17, 15) is 4.79 Å². The molecule has 0 saturated carbocycles. The lowest BCUT2D eigenvalue weighted by atomic mass is 10.1. The lowest BCUT2D eigenvalue weighted by Gasteiger charge is -2.11. The average molecular weight is 270 g/mol. The largest absolute Gasteiger partial charge is 0.490 e. The highest BCUT2D eigenvalue weighted by atomic mass is 16.5. The van der Waals surface area contributed by atoms with Crippen LogP contribution in [0.5, 0.6) is 11.5 Å². The zero-order valence-corrected chi connectivity index (χ0v) is 11.8. The summed E-state index contributed by atoms with van der Waals surface area (Å²) in [5.74, 6) is 1.22. The third kappa shape index (κ3) is 3.38. The SMILES string of the molecule is CCOc1ccccc1OCC(=O)c1ccccc1C. The van der Waals surface area contributed by atoms with Crippen LogP contribution in [0.3, 0.4) is 0 Å². The van der Waals surface area contributed by atoms with Crippen LogP contribution in [-0.2, 0) is 0 Å². The minimum absolute atomic E-state index is 0.00887. The summed E-state index contributed by atoms with van der Waals surface area (Å²) in [4.78, 5) is 12.1. The molecule has 0 aliphatic carbocycles. The van der Waals surface area contributed by atoms with Gasteiger partial charge in [0, 0.05) is 5.56 Å². The predicted octanol–water partition coefficient (Wildman–Crippen LogP) is 3.66. The van der Waals surface area contributed by atoms with E-state index in [2.05, 4.69) is 0 Å².